The van der Waals surface area contributed by atoms with E-state index in [1.54, 1.807) is 19.1 Å². The third-order valence-electron chi connectivity index (χ3n) is 5.86. The summed E-state index contributed by atoms with van der Waals surface area (Å²) in [5, 5.41) is 30.7. The molecule has 1 aliphatic heterocycles. The predicted octanol–water partition coefficient (Wildman–Crippen LogP) is 1.14. The van der Waals surface area contributed by atoms with Crippen LogP contribution in [-0.2, 0) is 19.2 Å². The number of hydrogen-bond donors (Lipinski definition) is 6. The first-order chi connectivity index (χ1) is 17.6. The van der Waals surface area contributed by atoms with Crippen molar-refractivity contribution in [2.75, 3.05) is 6.54 Å². The highest BCUT2D eigenvalue weighted by Gasteiger charge is 2.31. The summed E-state index contributed by atoms with van der Waals surface area (Å²) >= 11 is 0. The van der Waals surface area contributed by atoms with Crippen molar-refractivity contribution in [1.29, 1.82) is 0 Å². The summed E-state index contributed by atoms with van der Waals surface area (Å²) in [6.07, 6.45) is 14.1. The third-order valence-corrected chi connectivity index (χ3v) is 5.86. The summed E-state index contributed by atoms with van der Waals surface area (Å²) in [6, 6.07) is -2.92. The van der Waals surface area contributed by atoms with Crippen LogP contribution in [0.2, 0.25) is 0 Å². The minimum atomic E-state index is -1.30. The van der Waals surface area contributed by atoms with Crippen molar-refractivity contribution >= 4 is 23.6 Å². The SMILES string of the molecule is CCCCCCC/C=C\C=C\C(=O)N[C@H](C(=O)N[C@@H]1C[C@H](O)CCNC(=O)/C=C\[C@H](C)NC1=O)[C@H](C)O. The maximum absolute atomic E-state index is 12.9. The maximum Gasteiger partial charge on any atom is 0.245 e. The highest BCUT2D eigenvalue weighted by Crippen LogP contribution is 2.07. The molecule has 0 aliphatic carbocycles. The smallest absolute Gasteiger partial charge is 0.245 e. The van der Waals surface area contributed by atoms with Crippen LogP contribution >= 0.6 is 0 Å². The Hall–Kier alpha value is -2.98. The molecule has 0 radical (unpaired) electrons. The Morgan fingerprint density at radius 2 is 1.92 bits per heavy atom. The molecular formula is C27H44N4O6. The molecule has 0 aromatic carbocycles. The minimum absolute atomic E-state index is 0.104. The van der Waals surface area contributed by atoms with Gasteiger partial charge in [-0.3, -0.25) is 19.2 Å². The van der Waals surface area contributed by atoms with Gasteiger partial charge in [0.1, 0.15) is 12.1 Å². The molecule has 1 rings (SSSR count). The number of unbranched alkanes of at least 4 members (excludes halogenated alkanes) is 5. The van der Waals surface area contributed by atoms with Gasteiger partial charge in [0.25, 0.3) is 0 Å². The molecule has 0 unspecified atom stereocenters. The highest BCUT2D eigenvalue weighted by molar-refractivity contribution is 5.95. The van der Waals surface area contributed by atoms with Gasteiger partial charge in [0.2, 0.25) is 23.6 Å². The monoisotopic (exact) mass is 520 g/mol. The van der Waals surface area contributed by atoms with E-state index in [0.717, 1.165) is 12.8 Å². The highest BCUT2D eigenvalue weighted by atomic mass is 16.3. The fourth-order valence-electron chi connectivity index (χ4n) is 3.70. The Bertz CT molecular complexity index is 824. The predicted molar refractivity (Wildman–Crippen MR) is 142 cm³/mol. The molecule has 208 valence electrons. The summed E-state index contributed by atoms with van der Waals surface area (Å²) < 4.78 is 0. The number of aliphatic hydroxyl groups is 2. The fraction of sp³-hybridized carbons (Fsp3) is 0.630. The molecule has 0 aromatic rings. The Morgan fingerprint density at radius 3 is 2.62 bits per heavy atom. The molecule has 1 heterocycles. The summed E-state index contributed by atoms with van der Waals surface area (Å²) in [4.78, 5) is 49.7. The van der Waals surface area contributed by atoms with Crippen molar-refractivity contribution in [3.8, 4) is 0 Å². The van der Waals surface area contributed by atoms with Gasteiger partial charge in [0, 0.05) is 31.2 Å². The number of carbonyl (C=O) groups excluding carboxylic acids is 4. The van der Waals surface area contributed by atoms with Crippen LogP contribution in [0.5, 0.6) is 0 Å². The normalized spacial score (nSPS) is 23.9. The number of nitrogens with one attached hydrogen (secondary N) is 4. The Morgan fingerprint density at radius 1 is 1.19 bits per heavy atom. The van der Waals surface area contributed by atoms with Crippen LogP contribution in [0, 0.1) is 0 Å². The molecule has 6 N–H and O–H groups in total. The lowest BCUT2D eigenvalue weighted by Crippen LogP contribution is -2.58. The molecule has 10 heteroatoms. The zero-order valence-corrected chi connectivity index (χ0v) is 22.2. The van der Waals surface area contributed by atoms with E-state index >= 15 is 0 Å². The number of amides is 4. The van der Waals surface area contributed by atoms with Crippen LogP contribution < -0.4 is 21.3 Å². The topological polar surface area (TPSA) is 157 Å². The van der Waals surface area contributed by atoms with Crippen molar-refractivity contribution < 1.29 is 29.4 Å². The van der Waals surface area contributed by atoms with E-state index in [4.69, 9.17) is 0 Å². The van der Waals surface area contributed by atoms with E-state index in [1.165, 1.54) is 50.8 Å². The summed E-state index contributed by atoms with van der Waals surface area (Å²) in [7, 11) is 0. The zero-order chi connectivity index (χ0) is 27.6. The summed E-state index contributed by atoms with van der Waals surface area (Å²) in [6.45, 7) is 5.40. The molecule has 10 nitrogen and oxygen atoms in total. The van der Waals surface area contributed by atoms with Gasteiger partial charge in [-0.1, -0.05) is 56.9 Å². The van der Waals surface area contributed by atoms with E-state index in [0.29, 0.717) is 0 Å². The lowest BCUT2D eigenvalue weighted by molar-refractivity contribution is -0.134. The molecule has 0 fully saturated rings. The van der Waals surface area contributed by atoms with Gasteiger partial charge in [-0.2, -0.15) is 0 Å². The van der Waals surface area contributed by atoms with Crippen LogP contribution in [0.4, 0.5) is 0 Å². The van der Waals surface area contributed by atoms with E-state index in [9.17, 15) is 29.4 Å². The standard InChI is InChI=1S/C27H44N4O6/c1-4-5-6-7-8-9-10-11-12-13-24(35)31-25(20(3)32)27(37)30-22-18-21(33)16-17-28-23(34)15-14-19(2)29-26(22)36/h10-15,19-22,25,32-33H,4-9,16-18H2,1-3H3,(H,28,34)(H,29,36)(H,30,37)(H,31,35)/b11-10-,13-12+,15-14-/t19-,20-,21+,22+,25-/m0/s1. The minimum Gasteiger partial charge on any atom is -0.393 e. The second kappa shape index (κ2) is 18.3. The van der Waals surface area contributed by atoms with Gasteiger partial charge in [-0.05, 0) is 33.1 Å². The first-order valence-electron chi connectivity index (χ1n) is 13.2. The molecule has 0 aromatic heterocycles. The van der Waals surface area contributed by atoms with E-state index in [1.807, 2.05) is 6.08 Å². The quantitative estimate of drug-likeness (QED) is 0.129. The molecule has 0 saturated carbocycles. The average molecular weight is 521 g/mol. The Balaban J connectivity index is 2.73. The van der Waals surface area contributed by atoms with Crippen LogP contribution in [0.1, 0.15) is 72.1 Å². The molecule has 4 amide bonds. The number of aliphatic hydroxyl groups excluding tert-OH is 2. The maximum atomic E-state index is 12.9. The van der Waals surface area contributed by atoms with E-state index < -0.39 is 48.1 Å². The molecule has 0 bridgehead atoms. The number of hydrogen-bond acceptors (Lipinski definition) is 6. The Kier molecular flexibility index (Phi) is 15.8. The Labute approximate surface area is 220 Å². The summed E-state index contributed by atoms with van der Waals surface area (Å²) in [5.74, 6) is -2.20. The van der Waals surface area contributed by atoms with Gasteiger partial charge in [-0.15, -0.1) is 0 Å². The molecule has 37 heavy (non-hydrogen) atoms. The second-order valence-electron chi connectivity index (χ2n) is 9.40. The van der Waals surface area contributed by atoms with Crippen LogP contribution in [-0.4, -0.2) is 70.7 Å². The lowest BCUT2D eigenvalue weighted by atomic mass is 10.0. The van der Waals surface area contributed by atoms with Crippen molar-refractivity contribution in [3.63, 3.8) is 0 Å². The number of rotatable bonds is 12. The fourth-order valence-corrected chi connectivity index (χ4v) is 3.70. The van der Waals surface area contributed by atoms with Crippen LogP contribution in [0.15, 0.2) is 36.5 Å². The lowest BCUT2D eigenvalue weighted by Gasteiger charge is -2.26. The summed E-state index contributed by atoms with van der Waals surface area (Å²) in [5.41, 5.74) is 0. The van der Waals surface area contributed by atoms with Crippen molar-refractivity contribution in [2.45, 2.75) is 102 Å². The van der Waals surface area contributed by atoms with Crippen molar-refractivity contribution in [2.24, 2.45) is 0 Å². The molecular weight excluding hydrogens is 476 g/mol. The van der Waals surface area contributed by atoms with E-state index in [2.05, 4.69) is 28.2 Å². The number of carbonyl (C=O) groups is 4. The van der Waals surface area contributed by atoms with Gasteiger partial charge >= 0.3 is 0 Å². The van der Waals surface area contributed by atoms with Crippen LogP contribution in [0.25, 0.3) is 0 Å². The second-order valence-corrected chi connectivity index (χ2v) is 9.40. The van der Waals surface area contributed by atoms with Crippen molar-refractivity contribution in [1.82, 2.24) is 21.3 Å². The van der Waals surface area contributed by atoms with Gasteiger partial charge < -0.3 is 31.5 Å². The molecule has 5 atom stereocenters. The molecule has 0 spiro atoms. The molecule has 0 saturated heterocycles. The number of allylic oxidation sites excluding steroid dienone is 3. The van der Waals surface area contributed by atoms with Gasteiger partial charge in [-0.25, -0.2) is 0 Å². The average Bonchev–Trinajstić information content (AvgIpc) is 2.83. The zero-order valence-electron chi connectivity index (χ0n) is 22.2. The third kappa shape index (κ3) is 14.4. The van der Waals surface area contributed by atoms with Crippen LogP contribution in [0.3, 0.4) is 0 Å². The largest absolute Gasteiger partial charge is 0.393 e. The van der Waals surface area contributed by atoms with E-state index in [-0.39, 0.29) is 25.3 Å². The first kappa shape index (κ1) is 32.0. The van der Waals surface area contributed by atoms with Gasteiger partial charge in [0.15, 0.2) is 0 Å². The molecule has 1 aliphatic rings. The first-order valence-corrected chi connectivity index (χ1v) is 13.2. The van der Waals surface area contributed by atoms with Gasteiger partial charge in [0.05, 0.1) is 12.2 Å². The van der Waals surface area contributed by atoms with Crippen molar-refractivity contribution in [3.05, 3.63) is 36.5 Å².